The Kier molecular flexibility index (Phi) is 2.47. The lowest BCUT2D eigenvalue weighted by atomic mass is 10.2. The summed E-state index contributed by atoms with van der Waals surface area (Å²) in [6.07, 6.45) is 3.11. The second kappa shape index (κ2) is 4.36. The predicted molar refractivity (Wildman–Crippen MR) is 80.2 cm³/mol. The minimum Gasteiger partial charge on any atom is -0.508 e. The van der Waals surface area contributed by atoms with E-state index in [9.17, 15) is 15.3 Å². The molecule has 2 aromatic carbocycles. The molecule has 6 nitrogen and oxygen atoms in total. The summed E-state index contributed by atoms with van der Waals surface area (Å²) in [5.41, 5.74) is 0.945. The van der Waals surface area contributed by atoms with Crippen LogP contribution in [0.3, 0.4) is 0 Å². The molecule has 3 N–H and O–H groups in total. The molecule has 0 fully saturated rings. The highest BCUT2D eigenvalue weighted by Gasteiger charge is 2.16. The van der Waals surface area contributed by atoms with Crippen molar-refractivity contribution in [3.05, 3.63) is 46.7 Å². The number of hydrogen-bond acceptors (Lipinski definition) is 6. The smallest absolute Gasteiger partial charge is 0.173 e. The van der Waals surface area contributed by atoms with Crippen LogP contribution in [0.1, 0.15) is 5.76 Å². The van der Waals surface area contributed by atoms with Gasteiger partial charge in [-0.15, -0.1) is 0 Å². The Bertz CT molecular complexity index is 1060. The van der Waals surface area contributed by atoms with Crippen LogP contribution in [0.4, 0.5) is 5.69 Å². The second-order valence-electron chi connectivity index (χ2n) is 4.92. The lowest BCUT2D eigenvalue weighted by molar-refractivity contribution is 0.449. The van der Waals surface area contributed by atoms with Crippen molar-refractivity contribution in [1.29, 1.82) is 0 Å². The van der Waals surface area contributed by atoms with E-state index in [1.807, 2.05) is 18.2 Å². The highest BCUT2D eigenvalue weighted by Crippen LogP contribution is 2.40. The van der Waals surface area contributed by atoms with Gasteiger partial charge in [0.15, 0.2) is 11.5 Å². The summed E-state index contributed by atoms with van der Waals surface area (Å²) in [5, 5.41) is 31.2. The molecule has 1 aliphatic rings. The van der Waals surface area contributed by atoms with Crippen molar-refractivity contribution < 1.29 is 19.7 Å². The molecule has 1 aromatic heterocycles. The van der Waals surface area contributed by atoms with Gasteiger partial charge in [-0.2, -0.15) is 0 Å². The molecule has 0 aliphatic carbocycles. The SMILES string of the molecule is Oc1cc(O)c2c(O)c(/C=c3\ccc4c(c3)N=CN=4)oc2c1. The van der Waals surface area contributed by atoms with Crippen LogP contribution in [0, 0.1) is 0 Å². The summed E-state index contributed by atoms with van der Waals surface area (Å²) in [5.74, 6) is -0.372. The Balaban J connectivity index is 1.94. The maximum atomic E-state index is 10.2. The van der Waals surface area contributed by atoms with Crippen LogP contribution >= 0.6 is 0 Å². The molecule has 1 aliphatic heterocycles. The third-order valence-corrected chi connectivity index (χ3v) is 3.45. The summed E-state index contributed by atoms with van der Waals surface area (Å²) >= 11 is 0. The van der Waals surface area contributed by atoms with E-state index in [-0.39, 0.29) is 34.0 Å². The quantitative estimate of drug-likeness (QED) is 0.635. The number of furan rings is 1. The number of nitrogens with zero attached hydrogens (tertiary/aromatic N) is 2. The van der Waals surface area contributed by atoms with Crippen molar-refractivity contribution in [3.8, 4) is 17.2 Å². The number of rotatable bonds is 1. The lowest BCUT2D eigenvalue weighted by Crippen LogP contribution is -2.06. The van der Waals surface area contributed by atoms with Gasteiger partial charge in [0.2, 0.25) is 0 Å². The predicted octanol–water partition coefficient (Wildman–Crippen LogP) is 1.67. The van der Waals surface area contributed by atoms with Gasteiger partial charge in [0.05, 0.1) is 11.0 Å². The zero-order valence-electron chi connectivity index (χ0n) is 11.2. The molecule has 0 bridgehead atoms. The summed E-state index contributed by atoms with van der Waals surface area (Å²) < 4.78 is 5.50. The Morgan fingerprint density at radius 1 is 1.05 bits per heavy atom. The number of aliphatic imine (C=N–C) groups is 1. The number of aromatic hydroxyl groups is 3. The molecule has 0 saturated carbocycles. The molecule has 0 saturated heterocycles. The number of hydrogen-bond donors (Lipinski definition) is 3. The molecule has 6 heteroatoms. The minimum atomic E-state index is -0.242. The fraction of sp³-hybridized carbons (Fsp3) is 0. The molecule has 0 atom stereocenters. The van der Waals surface area contributed by atoms with E-state index in [0.717, 1.165) is 22.3 Å². The van der Waals surface area contributed by atoms with Crippen LogP contribution in [0.25, 0.3) is 17.0 Å². The largest absolute Gasteiger partial charge is 0.508 e. The minimum absolute atomic E-state index is 0.140. The van der Waals surface area contributed by atoms with Gasteiger partial charge in [0.1, 0.15) is 28.8 Å². The van der Waals surface area contributed by atoms with Crippen molar-refractivity contribution in [2.45, 2.75) is 0 Å². The van der Waals surface area contributed by atoms with Crippen LogP contribution in [0.2, 0.25) is 0 Å². The van der Waals surface area contributed by atoms with Crippen LogP contribution in [-0.4, -0.2) is 21.7 Å². The van der Waals surface area contributed by atoms with Crippen molar-refractivity contribution in [2.75, 3.05) is 0 Å². The number of fused-ring (bicyclic) bond motifs is 2. The molecular formula is C16H10N2O4. The molecule has 4 rings (SSSR count). The lowest BCUT2D eigenvalue weighted by Gasteiger charge is -1.95. The Morgan fingerprint density at radius 3 is 2.77 bits per heavy atom. The summed E-state index contributed by atoms with van der Waals surface area (Å²) in [6.45, 7) is 0. The average Bonchev–Trinajstić information content (AvgIpc) is 3.04. The number of benzene rings is 2. The fourth-order valence-corrected chi connectivity index (χ4v) is 2.44. The molecular weight excluding hydrogens is 284 g/mol. The molecule has 0 radical (unpaired) electrons. The molecule has 108 valence electrons. The first-order valence-corrected chi connectivity index (χ1v) is 6.51. The summed E-state index contributed by atoms with van der Waals surface area (Å²) in [4.78, 5) is 8.20. The average molecular weight is 294 g/mol. The van der Waals surface area contributed by atoms with Crippen molar-refractivity contribution in [2.24, 2.45) is 9.98 Å². The molecule has 0 spiro atoms. The zero-order valence-corrected chi connectivity index (χ0v) is 11.2. The Labute approximate surface area is 123 Å². The molecule has 0 unspecified atom stereocenters. The first kappa shape index (κ1) is 12.5. The third-order valence-electron chi connectivity index (χ3n) is 3.45. The monoisotopic (exact) mass is 294 g/mol. The van der Waals surface area contributed by atoms with Gasteiger partial charge in [0.25, 0.3) is 0 Å². The van der Waals surface area contributed by atoms with Crippen molar-refractivity contribution in [3.63, 3.8) is 0 Å². The number of phenolic OH excluding ortho intramolecular Hbond substituents is 2. The normalized spacial score (nSPS) is 13.5. The van der Waals surface area contributed by atoms with E-state index in [0.29, 0.717) is 0 Å². The van der Waals surface area contributed by atoms with Crippen molar-refractivity contribution >= 4 is 29.1 Å². The molecule has 2 heterocycles. The second-order valence-corrected chi connectivity index (χ2v) is 4.92. The van der Waals surface area contributed by atoms with Gasteiger partial charge < -0.3 is 19.7 Å². The molecule has 3 aromatic rings. The van der Waals surface area contributed by atoms with Gasteiger partial charge >= 0.3 is 0 Å². The van der Waals surface area contributed by atoms with Gasteiger partial charge in [-0.25, -0.2) is 9.98 Å². The van der Waals surface area contributed by atoms with Crippen LogP contribution < -0.4 is 10.6 Å². The Hall–Kier alpha value is -3.28. The Morgan fingerprint density at radius 2 is 1.91 bits per heavy atom. The first-order chi connectivity index (χ1) is 10.6. The highest BCUT2D eigenvalue weighted by atomic mass is 16.4. The number of phenols is 2. The van der Waals surface area contributed by atoms with Gasteiger partial charge in [-0.05, 0) is 23.4 Å². The van der Waals surface area contributed by atoms with E-state index < -0.39 is 0 Å². The van der Waals surface area contributed by atoms with Gasteiger partial charge in [-0.1, -0.05) is 6.07 Å². The summed E-state index contributed by atoms with van der Waals surface area (Å²) in [7, 11) is 0. The third kappa shape index (κ3) is 1.81. The molecule has 0 amide bonds. The molecule has 22 heavy (non-hydrogen) atoms. The zero-order chi connectivity index (χ0) is 15.3. The van der Waals surface area contributed by atoms with E-state index in [2.05, 4.69) is 9.98 Å². The van der Waals surface area contributed by atoms with Crippen LogP contribution in [-0.2, 0) is 0 Å². The maximum Gasteiger partial charge on any atom is 0.173 e. The van der Waals surface area contributed by atoms with Gasteiger partial charge in [-0.3, -0.25) is 0 Å². The standard InChI is InChI=1S/C16H10N2O4/c19-9-5-12(20)15-13(6-9)22-14(16(15)21)4-8-1-2-10-11(3-8)18-7-17-10/h1-7,19-21H/b8-4+. The van der Waals surface area contributed by atoms with E-state index in [1.165, 1.54) is 12.4 Å². The van der Waals surface area contributed by atoms with Crippen LogP contribution in [0.15, 0.2) is 44.7 Å². The van der Waals surface area contributed by atoms with Gasteiger partial charge in [0, 0.05) is 12.1 Å². The van der Waals surface area contributed by atoms with E-state index in [4.69, 9.17) is 4.42 Å². The van der Waals surface area contributed by atoms with E-state index in [1.54, 1.807) is 6.08 Å². The maximum absolute atomic E-state index is 10.2. The topological polar surface area (TPSA) is 98.5 Å². The van der Waals surface area contributed by atoms with E-state index >= 15 is 0 Å². The first-order valence-electron chi connectivity index (χ1n) is 6.51. The summed E-state index contributed by atoms with van der Waals surface area (Å²) in [6, 6.07) is 7.93. The fourth-order valence-electron chi connectivity index (χ4n) is 2.44. The van der Waals surface area contributed by atoms with Crippen LogP contribution in [0.5, 0.6) is 17.2 Å². The highest BCUT2D eigenvalue weighted by molar-refractivity contribution is 5.93. The van der Waals surface area contributed by atoms with Crippen molar-refractivity contribution in [1.82, 2.24) is 0 Å².